The van der Waals surface area contributed by atoms with E-state index in [0.717, 1.165) is 27.9 Å². The van der Waals surface area contributed by atoms with Gasteiger partial charge in [-0.15, -0.1) is 0 Å². The summed E-state index contributed by atoms with van der Waals surface area (Å²) in [6.45, 7) is 0. The van der Waals surface area contributed by atoms with Crippen LogP contribution < -0.4 is 28.5 Å². The Morgan fingerprint density at radius 1 is 0.724 bits per heavy atom. The van der Waals surface area contributed by atoms with Crippen molar-refractivity contribution in [1.29, 1.82) is 0 Å². The first-order valence-electron chi connectivity index (χ1n) is 9.29. The second-order valence-corrected chi connectivity index (χ2v) is 6.76. The molecule has 144 valence electrons. The molecule has 0 saturated carbocycles. The highest BCUT2D eigenvalue weighted by Gasteiger charge is 2.15. The van der Waals surface area contributed by atoms with Gasteiger partial charge in [-0.05, 0) is 41.0 Å². The summed E-state index contributed by atoms with van der Waals surface area (Å²) in [5.41, 5.74) is 6.71. The predicted octanol–water partition coefficient (Wildman–Crippen LogP) is 3.16. The topological polar surface area (TPSA) is 3.88 Å². The van der Waals surface area contributed by atoms with Gasteiger partial charge in [-0.1, -0.05) is 72.8 Å². The zero-order chi connectivity index (χ0) is 19.3. The van der Waals surface area contributed by atoms with Crippen LogP contribution in [0.2, 0.25) is 0 Å². The normalized spacial score (nSPS) is 10.7. The van der Waals surface area contributed by atoms with Gasteiger partial charge < -0.3 is 24.0 Å². The van der Waals surface area contributed by atoms with Gasteiger partial charge in [0.05, 0.1) is 5.56 Å². The molecule has 0 aliphatic rings. The molecular weight excluding hydrogens is 472 g/mol. The lowest BCUT2D eigenvalue weighted by Crippen LogP contribution is -3.00. The molecule has 0 radical (unpaired) electrons. The molecule has 0 N–H and O–H groups in total. The zero-order valence-corrected chi connectivity index (χ0v) is 18.3. The van der Waals surface area contributed by atoms with Crippen molar-refractivity contribution in [3.63, 3.8) is 0 Å². The number of benzene rings is 3. The Kier molecular flexibility index (Phi) is 6.94. The van der Waals surface area contributed by atoms with Crippen molar-refractivity contribution in [1.82, 2.24) is 0 Å². The summed E-state index contributed by atoms with van der Waals surface area (Å²) >= 11 is 0. The van der Waals surface area contributed by atoms with Gasteiger partial charge in [0, 0.05) is 11.6 Å². The lowest BCUT2D eigenvalue weighted by Gasteiger charge is -2.09. The molecule has 0 unspecified atom stereocenters. The van der Waals surface area contributed by atoms with Crippen molar-refractivity contribution >= 4 is 12.2 Å². The third kappa shape index (κ3) is 4.98. The zero-order valence-electron chi connectivity index (χ0n) is 16.1. The van der Waals surface area contributed by atoms with Gasteiger partial charge in [0.25, 0.3) is 0 Å². The molecule has 4 aromatic rings. The molecule has 0 amide bonds. The van der Waals surface area contributed by atoms with Crippen LogP contribution in [-0.4, -0.2) is 0 Å². The first-order chi connectivity index (χ1) is 13.7. The number of aryl methyl sites for hydroxylation is 1. The van der Waals surface area contributed by atoms with Crippen LogP contribution in [0.5, 0.6) is 0 Å². The van der Waals surface area contributed by atoms with Crippen molar-refractivity contribution < 1.29 is 32.9 Å². The highest BCUT2D eigenvalue weighted by molar-refractivity contribution is 5.81. The summed E-state index contributed by atoms with van der Waals surface area (Å²) in [4.78, 5) is 0. The molecular formula is C26H21FIN. The number of hydrogen-bond acceptors (Lipinski definition) is 0. The first kappa shape index (κ1) is 20.9. The first-order valence-corrected chi connectivity index (χ1v) is 9.29. The van der Waals surface area contributed by atoms with Crippen LogP contribution in [0.25, 0.3) is 34.5 Å². The lowest BCUT2D eigenvalue weighted by molar-refractivity contribution is -0.659. The largest absolute Gasteiger partial charge is 1.00 e. The third-order valence-corrected chi connectivity index (χ3v) is 4.79. The van der Waals surface area contributed by atoms with Crippen molar-refractivity contribution in [3.05, 3.63) is 114 Å². The van der Waals surface area contributed by atoms with E-state index in [1.807, 2.05) is 30.3 Å². The van der Waals surface area contributed by atoms with Gasteiger partial charge in [0.15, 0.2) is 6.20 Å². The van der Waals surface area contributed by atoms with Gasteiger partial charge in [-0.25, -0.2) is 8.96 Å². The van der Waals surface area contributed by atoms with Crippen LogP contribution in [0.15, 0.2) is 97.2 Å². The van der Waals surface area contributed by atoms with Crippen molar-refractivity contribution in [2.24, 2.45) is 7.05 Å². The van der Waals surface area contributed by atoms with Gasteiger partial charge in [-0.2, -0.15) is 0 Å². The Morgan fingerprint density at radius 2 is 1.31 bits per heavy atom. The predicted molar refractivity (Wildman–Crippen MR) is 114 cm³/mol. The second-order valence-electron chi connectivity index (χ2n) is 6.76. The maximum Gasteiger partial charge on any atom is 0.212 e. The molecule has 29 heavy (non-hydrogen) atoms. The average molecular weight is 493 g/mol. The fraction of sp³-hybridized carbons (Fsp3) is 0.0385. The van der Waals surface area contributed by atoms with Gasteiger partial charge in [0.2, 0.25) is 5.69 Å². The number of halogens is 2. The molecule has 4 rings (SSSR count). The molecule has 0 atom stereocenters. The number of rotatable bonds is 4. The van der Waals surface area contributed by atoms with E-state index in [0.29, 0.717) is 0 Å². The van der Waals surface area contributed by atoms with Crippen LogP contribution >= 0.6 is 0 Å². The van der Waals surface area contributed by atoms with Crippen molar-refractivity contribution in [3.8, 4) is 22.4 Å². The van der Waals surface area contributed by atoms with E-state index in [1.165, 1.54) is 17.7 Å². The van der Waals surface area contributed by atoms with Crippen molar-refractivity contribution in [2.45, 2.75) is 0 Å². The van der Waals surface area contributed by atoms with Gasteiger partial charge in [-0.3, -0.25) is 0 Å². The SMILES string of the molecule is C[n+]1cc(-c2ccccc2)c(/C=C/c2ccc(F)cc2)cc1-c1ccccc1.[I-]. The quantitative estimate of drug-likeness (QED) is 0.304. The summed E-state index contributed by atoms with van der Waals surface area (Å²) in [5.74, 6) is -0.222. The standard InChI is InChI=1S/C26H21FN.HI/c1-28-19-25(21-8-4-2-5-9-21)23(15-12-20-13-16-24(27)17-14-20)18-26(28)22-10-6-3-7-11-22;/h2-19H,1H3;1H/q+1;/p-1/b15-12+;. The molecule has 1 nitrogen and oxygen atoms in total. The molecule has 3 heteroatoms. The number of pyridine rings is 1. The monoisotopic (exact) mass is 493 g/mol. The number of nitrogens with zero attached hydrogens (tertiary/aromatic N) is 1. The van der Waals surface area contributed by atoms with E-state index in [4.69, 9.17) is 0 Å². The lowest BCUT2D eigenvalue weighted by atomic mass is 9.98. The van der Waals surface area contributed by atoms with Crippen molar-refractivity contribution in [2.75, 3.05) is 0 Å². The summed E-state index contributed by atoms with van der Waals surface area (Å²) in [5, 5.41) is 0. The number of aromatic nitrogens is 1. The molecule has 1 aromatic heterocycles. The minimum absolute atomic E-state index is 0. The fourth-order valence-electron chi connectivity index (χ4n) is 3.32. The van der Waals surface area contributed by atoms with E-state index >= 15 is 0 Å². The summed E-state index contributed by atoms with van der Waals surface area (Å²) in [6.07, 6.45) is 6.29. The molecule has 1 heterocycles. The molecule has 0 spiro atoms. The van der Waals surface area contributed by atoms with Crippen LogP contribution in [0.3, 0.4) is 0 Å². The molecule has 0 bridgehead atoms. The molecule has 0 saturated heterocycles. The maximum absolute atomic E-state index is 13.2. The molecule has 0 aliphatic carbocycles. The Bertz CT molecular complexity index is 1100. The van der Waals surface area contributed by atoms with E-state index < -0.39 is 0 Å². The van der Waals surface area contributed by atoms with Crippen LogP contribution in [-0.2, 0) is 7.05 Å². The van der Waals surface area contributed by atoms with Gasteiger partial charge in [0.1, 0.15) is 12.9 Å². The second kappa shape index (κ2) is 9.61. The average Bonchev–Trinajstić information content (AvgIpc) is 2.75. The molecule has 0 fully saturated rings. The van der Waals surface area contributed by atoms with E-state index in [1.54, 1.807) is 12.1 Å². The number of hydrogen-bond donors (Lipinski definition) is 0. The molecule has 3 aromatic carbocycles. The van der Waals surface area contributed by atoms with Gasteiger partial charge >= 0.3 is 0 Å². The van der Waals surface area contributed by atoms with Crippen LogP contribution in [0.1, 0.15) is 11.1 Å². The minimum atomic E-state index is -0.222. The maximum atomic E-state index is 13.2. The van der Waals surface area contributed by atoms with Crippen LogP contribution in [0.4, 0.5) is 4.39 Å². The fourth-order valence-corrected chi connectivity index (χ4v) is 3.32. The Morgan fingerprint density at radius 3 is 1.93 bits per heavy atom. The van der Waals surface area contributed by atoms with E-state index in [-0.39, 0.29) is 29.8 Å². The summed E-state index contributed by atoms with van der Waals surface area (Å²) in [6, 6.07) is 29.5. The smallest absolute Gasteiger partial charge is 0.212 e. The highest BCUT2D eigenvalue weighted by atomic mass is 127. The third-order valence-electron chi connectivity index (χ3n) is 4.79. The Hall–Kier alpha value is -2.79. The van der Waals surface area contributed by atoms with E-state index in [9.17, 15) is 4.39 Å². The van der Waals surface area contributed by atoms with E-state index in [2.05, 4.69) is 66.4 Å². The summed E-state index contributed by atoms with van der Waals surface area (Å²) < 4.78 is 15.4. The Balaban J connectivity index is 0.00000240. The van der Waals surface area contributed by atoms with Crippen LogP contribution in [0, 0.1) is 5.82 Å². The summed E-state index contributed by atoms with van der Waals surface area (Å²) in [7, 11) is 2.07. The molecule has 0 aliphatic heterocycles. The Labute approximate surface area is 188 Å². The minimum Gasteiger partial charge on any atom is -1.00 e. The highest BCUT2D eigenvalue weighted by Crippen LogP contribution is 2.27.